The van der Waals surface area contributed by atoms with Crippen molar-refractivity contribution in [3.63, 3.8) is 0 Å². The Morgan fingerprint density at radius 3 is 2.43 bits per heavy atom. The summed E-state index contributed by atoms with van der Waals surface area (Å²) >= 11 is 0. The highest BCUT2D eigenvalue weighted by molar-refractivity contribution is 6.05. The number of ketones is 1. The van der Waals surface area contributed by atoms with Crippen molar-refractivity contribution >= 4 is 28.8 Å². The molecule has 0 bridgehead atoms. The molecule has 2 atom stereocenters. The fourth-order valence-corrected chi connectivity index (χ4v) is 5.43. The zero-order valence-corrected chi connectivity index (χ0v) is 20.5. The number of carbonyl (C=O) groups excluding carboxylic acids is 2. The number of benzene rings is 2. The molecule has 0 saturated carbocycles. The molecule has 0 spiro atoms. The lowest BCUT2D eigenvalue weighted by molar-refractivity contribution is -0.117. The maximum atomic E-state index is 13.8. The molecule has 1 aliphatic carbocycles. The fourth-order valence-electron chi connectivity index (χ4n) is 5.43. The Labute approximate surface area is 206 Å². The highest BCUT2D eigenvalue weighted by Gasteiger charge is 2.41. The van der Waals surface area contributed by atoms with Crippen LogP contribution in [0.3, 0.4) is 0 Å². The van der Waals surface area contributed by atoms with E-state index in [0.29, 0.717) is 18.4 Å². The van der Waals surface area contributed by atoms with Crippen molar-refractivity contribution in [3.8, 4) is 0 Å². The molecule has 2 unspecified atom stereocenters. The molecule has 6 nitrogen and oxygen atoms in total. The van der Waals surface area contributed by atoms with Crippen LogP contribution >= 0.6 is 0 Å². The molecule has 2 heterocycles. The highest BCUT2D eigenvalue weighted by Crippen LogP contribution is 2.47. The van der Waals surface area contributed by atoms with E-state index in [1.54, 1.807) is 18.1 Å². The third-order valence-corrected chi connectivity index (χ3v) is 7.11. The number of rotatable bonds is 5. The third-order valence-electron chi connectivity index (χ3n) is 7.11. The van der Waals surface area contributed by atoms with Crippen LogP contribution in [0.15, 0.2) is 82.6 Å². The second-order valence-electron chi connectivity index (χ2n) is 9.13. The topological polar surface area (TPSA) is 65.8 Å². The van der Waals surface area contributed by atoms with E-state index in [2.05, 4.69) is 48.3 Å². The molecule has 1 aromatic heterocycles. The quantitative estimate of drug-likeness (QED) is 0.493. The second kappa shape index (κ2) is 9.45. The standard InChI is InChI=1S/C29H31N3O3/c1-4-31(5-2)22-14-12-20(13-15-22)29-28-24(17-21(18-26(28)34)27-11-8-16-35-27)30-23-9-6-7-10-25(23)32(29)19(3)33/h6-16,21,29-30H,4-5,17-18H2,1-3H3. The minimum Gasteiger partial charge on any atom is -0.469 e. The van der Waals surface area contributed by atoms with Gasteiger partial charge in [0.2, 0.25) is 5.91 Å². The SMILES string of the molecule is CCN(CC)c1ccc(C2C3=C(CC(c4ccco4)CC3=O)Nc3ccccc3N2C(C)=O)cc1. The number of allylic oxidation sites excluding steroid dienone is 1. The summed E-state index contributed by atoms with van der Waals surface area (Å²) in [7, 11) is 0. The van der Waals surface area contributed by atoms with Crippen LogP contribution < -0.4 is 15.1 Å². The molecular weight excluding hydrogens is 438 g/mol. The maximum Gasteiger partial charge on any atom is 0.224 e. The lowest BCUT2D eigenvalue weighted by Gasteiger charge is -2.34. The molecule has 0 radical (unpaired) electrons. The first-order valence-corrected chi connectivity index (χ1v) is 12.3. The Balaban J connectivity index is 1.66. The van der Waals surface area contributed by atoms with Crippen molar-refractivity contribution < 1.29 is 14.0 Å². The minimum atomic E-state index is -0.505. The molecule has 0 fully saturated rings. The summed E-state index contributed by atoms with van der Waals surface area (Å²) in [6.07, 6.45) is 2.64. The molecule has 1 N–H and O–H groups in total. The molecule has 1 amide bonds. The van der Waals surface area contributed by atoms with Gasteiger partial charge in [-0.25, -0.2) is 0 Å². The second-order valence-corrected chi connectivity index (χ2v) is 9.13. The first-order chi connectivity index (χ1) is 17.0. The van der Waals surface area contributed by atoms with Gasteiger partial charge in [0.25, 0.3) is 0 Å². The molecule has 35 heavy (non-hydrogen) atoms. The lowest BCUT2D eigenvalue weighted by atomic mass is 9.80. The molecule has 2 aromatic carbocycles. The van der Waals surface area contributed by atoms with Gasteiger partial charge >= 0.3 is 0 Å². The molecular formula is C29H31N3O3. The van der Waals surface area contributed by atoms with Crippen LogP contribution in [0.1, 0.15) is 56.9 Å². The number of Topliss-reactive ketones (excluding diaryl/α,β-unsaturated/α-hetero) is 1. The van der Waals surface area contributed by atoms with Crippen LogP contribution in [0.2, 0.25) is 0 Å². The van der Waals surface area contributed by atoms with Crippen LogP contribution in [-0.2, 0) is 9.59 Å². The van der Waals surface area contributed by atoms with Crippen molar-refractivity contribution in [1.82, 2.24) is 0 Å². The number of anilines is 3. The van der Waals surface area contributed by atoms with E-state index in [1.165, 1.54) is 0 Å². The summed E-state index contributed by atoms with van der Waals surface area (Å²) in [5, 5.41) is 3.53. The number of nitrogens with zero attached hydrogens (tertiary/aromatic N) is 2. The van der Waals surface area contributed by atoms with Gasteiger partial charge in [-0.2, -0.15) is 0 Å². The van der Waals surface area contributed by atoms with Crippen LogP contribution in [0.4, 0.5) is 17.1 Å². The van der Waals surface area contributed by atoms with Gasteiger partial charge < -0.3 is 14.6 Å². The first kappa shape index (κ1) is 23.0. The Morgan fingerprint density at radius 1 is 1.03 bits per heavy atom. The predicted octanol–water partition coefficient (Wildman–Crippen LogP) is 6.05. The molecule has 180 valence electrons. The minimum absolute atomic E-state index is 0.0366. The molecule has 2 aliphatic rings. The summed E-state index contributed by atoms with van der Waals surface area (Å²) in [5.74, 6) is 0.710. The van der Waals surface area contributed by atoms with Gasteiger partial charge in [-0.05, 0) is 62.2 Å². The Bertz CT molecular complexity index is 1260. The Morgan fingerprint density at radius 2 is 1.77 bits per heavy atom. The number of hydrogen-bond acceptors (Lipinski definition) is 5. The van der Waals surface area contributed by atoms with Crippen LogP contribution in [0, 0.1) is 0 Å². The highest BCUT2D eigenvalue weighted by atomic mass is 16.3. The van der Waals surface area contributed by atoms with E-state index in [1.807, 2.05) is 36.4 Å². The number of nitrogens with one attached hydrogen (secondary N) is 1. The normalized spacial score (nSPS) is 19.5. The van der Waals surface area contributed by atoms with Gasteiger partial charge in [0, 0.05) is 49.3 Å². The van der Waals surface area contributed by atoms with Crippen molar-refractivity contribution in [2.75, 3.05) is 28.2 Å². The van der Waals surface area contributed by atoms with Gasteiger partial charge in [-0.3, -0.25) is 14.5 Å². The number of para-hydroxylation sites is 2. The average molecular weight is 470 g/mol. The molecule has 3 aromatic rings. The van der Waals surface area contributed by atoms with Gasteiger partial charge in [-0.1, -0.05) is 24.3 Å². The van der Waals surface area contributed by atoms with Crippen LogP contribution in [0.25, 0.3) is 0 Å². The summed E-state index contributed by atoms with van der Waals surface area (Å²) in [6.45, 7) is 7.67. The van der Waals surface area contributed by atoms with E-state index >= 15 is 0 Å². The first-order valence-electron chi connectivity index (χ1n) is 12.3. The van der Waals surface area contributed by atoms with E-state index < -0.39 is 6.04 Å². The van der Waals surface area contributed by atoms with Crippen molar-refractivity contribution in [2.24, 2.45) is 0 Å². The van der Waals surface area contributed by atoms with E-state index in [4.69, 9.17) is 4.42 Å². The summed E-state index contributed by atoms with van der Waals surface area (Å²) in [4.78, 5) is 31.0. The third kappa shape index (κ3) is 4.14. The largest absolute Gasteiger partial charge is 0.469 e. The maximum absolute atomic E-state index is 13.8. The molecule has 5 rings (SSSR count). The van der Waals surface area contributed by atoms with Crippen molar-refractivity contribution in [3.05, 3.63) is 89.5 Å². The van der Waals surface area contributed by atoms with Crippen molar-refractivity contribution in [1.29, 1.82) is 0 Å². The van der Waals surface area contributed by atoms with Gasteiger partial charge in [-0.15, -0.1) is 0 Å². The van der Waals surface area contributed by atoms with Gasteiger partial charge in [0.15, 0.2) is 5.78 Å². The van der Waals surface area contributed by atoms with Crippen LogP contribution in [0.5, 0.6) is 0 Å². The monoisotopic (exact) mass is 469 g/mol. The predicted molar refractivity (Wildman–Crippen MR) is 139 cm³/mol. The fraction of sp³-hybridized carbons (Fsp3) is 0.310. The molecule has 6 heteroatoms. The Kier molecular flexibility index (Phi) is 6.20. The number of amides is 1. The van der Waals surface area contributed by atoms with E-state index in [9.17, 15) is 9.59 Å². The molecule has 0 saturated heterocycles. The Hall–Kier alpha value is -3.80. The van der Waals surface area contributed by atoms with Gasteiger partial charge in [0.05, 0.1) is 23.7 Å². The van der Waals surface area contributed by atoms with Crippen molar-refractivity contribution in [2.45, 2.75) is 45.6 Å². The zero-order valence-electron chi connectivity index (χ0n) is 20.5. The zero-order chi connectivity index (χ0) is 24.5. The number of hydrogen-bond donors (Lipinski definition) is 1. The lowest BCUT2D eigenvalue weighted by Crippen LogP contribution is -2.37. The number of fused-ring (bicyclic) bond motifs is 1. The average Bonchev–Trinajstić information content (AvgIpc) is 3.35. The van der Waals surface area contributed by atoms with Gasteiger partial charge in [0.1, 0.15) is 5.76 Å². The van der Waals surface area contributed by atoms with E-state index in [-0.39, 0.29) is 17.6 Å². The number of furan rings is 1. The summed E-state index contributed by atoms with van der Waals surface area (Å²) < 4.78 is 5.66. The van der Waals surface area contributed by atoms with Crippen LogP contribution in [-0.4, -0.2) is 24.8 Å². The smallest absolute Gasteiger partial charge is 0.224 e. The number of carbonyl (C=O) groups is 2. The van der Waals surface area contributed by atoms with E-state index in [0.717, 1.165) is 47.2 Å². The summed E-state index contributed by atoms with van der Waals surface area (Å²) in [6, 6.07) is 19.3. The summed E-state index contributed by atoms with van der Waals surface area (Å²) in [5.41, 5.74) is 5.17. The molecule has 1 aliphatic heterocycles.